The predicted octanol–water partition coefficient (Wildman–Crippen LogP) is 3.72. The summed E-state index contributed by atoms with van der Waals surface area (Å²) in [6.07, 6.45) is 0. The molecule has 3 N–H and O–H groups in total. The Hall–Kier alpha value is -3.95. The van der Waals surface area contributed by atoms with Crippen molar-refractivity contribution >= 4 is 41.1 Å². The van der Waals surface area contributed by atoms with Gasteiger partial charge >= 0.3 is 6.03 Å². The molecule has 1 aromatic carbocycles. The third kappa shape index (κ3) is 5.42. The van der Waals surface area contributed by atoms with Crippen LogP contribution in [0.5, 0.6) is 5.75 Å². The third-order valence-corrected chi connectivity index (χ3v) is 5.71. The van der Waals surface area contributed by atoms with Crippen molar-refractivity contribution in [1.82, 2.24) is 9.88 Å². The summed E-state index contributed by atoms with van der Waals surface area (Å²) in [5.41, 5.74) is -0.251. The van der Waals surface area contributed by atoms with E-state index in [9.17, 15) is 24.3 Å². The molecule has 10 nitrogen and oxygen atoms in total. The fourth-order valence-electron chi connectivity index (χ4n) is 3.46. The number of imide groups is 1. The zero-order valence-corrected chi connectivity index (χ0v) is 20.7. The summed E-state index contributed by atoms with van der Waals surface area (Å²) in [5, 5.41) is 15.0. The molecule has 5 amide bonds. The van der Waals surface area contributed by atoms with Crippen LogP contribution >= 0.6 is 0 Å². The maximum absolute atomic E-state index is 13.3. The highest BCUT2D eigenvalue weighted by molar-refractivity contribution is 6.22. The second-order valence-corrected chi connectivity index (χ2v) is 9.62. The Kier molecular flexibility index (Phi) is 7.14. The van der Waals surface area contributed by atoms with Gasteiger partial charge in [0.25, 0.3) is 5.91 Å². The second-order valence-electron chi connectivity index (χ2n) is 9.62. The molecule has 0 saturated carbocycles. The van der Waals surface area contributed by atoms with Crippen LogP contribution < -0.4 is 15.5 Å². The van der Waals surface area contributed by atoms with Gasteiger partial charge in [-0.15, -0.1) is 0 Å². The van der Waals surface area contributed by atoms with E-state index in [0.29, 0.717) is 11.3 Å². The summed E-state index contributed by atoms with van der Waals surface area (Å²) < 4.78 is 0. The number of amides is 5. The molecule has 0 bridgehead atoms. The van der Waals surface area contributed by atoms with Gasteiger partial charge in [0.05, 0.1) is 5.69 Å². The zero-order valence-electron chi connectivity index (χ0n) is 20.7. The fraction of sp³-hybridized carbons (Fsp3) is 0.400. The first-order valence-corrected chi connectivity index (χ1v) is 11.4. The van der Waals surface area contributed by atoms with Gasteiger partial charge in [-0.3, -0.25) is 14.4 Å². The van der Waals surface area contributed by atoms with Gasteiger partial charge in [-0.1, -0.05) is 27.7 Å². The van der Waals surface area contributed by atoms with E-state index in [2.05, 4.69) is 15.6 Å². The summed E-state index contributed by atoms with van der Waals surface area (Å²) in [7, 11) is 0. The third-order valence-electron chi connectivity index (χ3n) is 5.71. The second kappa shape index (κ2) is 9.73. The number of nitrogens with zero attached hydrogens (tertiary/aromatic N) is 3. The first kappa shape index (κ1) is 25.7. The van der Waals surface area contributed by atoms with Crippen molar-refractivity contribution in [2.75, 3.05) is 15.5 Å². The van der Waals surface area contributed by atoms with E-state index in [1.807, 2.05) is 0 Å². The molecule has 1 aromatic heterocycles. The van der Waals surface area contributed by atoms with E-state index < -0.39 is 17.5 Å². The number of hydrogen-bond acceptors (Lipinski definition) is 6. The highest BCUT2D eigenvalue weighted by atomic mass is 16.3. The highest BCUT2D eigenvalue weighted by Gasteiger charge is 2.51. The Labute approximate surface area is 204 Å². The molecule has 0 atom stereocenters. The van der Waals surface area contributed by atoms with Crippen LogP contribution in [0.3, 0.4) is 0 Å². The number of carbonyl (C=O) groups excluding carboxylic acids is 4. The molecular weight excluding hydrogens is 450 g/mol. The Morgan fingerprint density at radius 1 is 0.943 bits per heavy atom. The molecule has 0 radical (unpaired) electrons. The first-order valence-electron chi connectivity index (χ1n) is 11.4. The number of aromatic nitrogens is 1. The quantitative estimate of drug-likeness (QED) is 0.517. The lowest BCUT2D eigenvalue weighted by atomic mass is 10.0. The lowest BCUT2D eigenvalue weighted by Crippen LogP contribution is -2.43. The molecule has 1 aliphatic heterocycles. The average Bonchev–Trinajstić information content (AvgIpc) is 2.93. The average molecular weight is 482 g/mol. The maximum Gasteiger partial charge on any atom is 0.332 e. The lowest BCUT2D eigenvalue weighted by Gasteiger charge is -2.28. The van der Waals surface area contributed by atoms with Gasteiger partial charge < -0.3 is 20.6 Å². The summed E-state index contributed by atoms with van der Waals surface area (Å²) >= 11 is 0. The van der Waals surface area contributed by atoms with Crippen molar-refractivity contribution < 1.29 is 24.3 Å². The van der Waals surface area contributed by atoms with Gasteiger partial charge in [-0.05, 0) is 55.8 Å². The number of urea groups is 1. The fourth-order valence-corrected chi connectivity index (χ4v) is 3.46. The highest BCUT2D eigenvalue weighted by Crippen LogP contribution is 2.34. The molecule has 1 aliphatic rings. The molecule has 35 heavy (non-hydrogen) atoms. The van der Waals surface area contributed by atoms with E-state index >= 15 is 0 Å². The monoisotopic (exact) mass is 481 g/mol. The summed E-state index contributed by atoms with van der Waals surface area (Å²) in [6, 6.07) is 8.50. The lowest BCUT2D eigenvalue weighted by molar-refractivity contribution is -0.123. The van der Waals surface area contributed by atoms with Gasteiger partial charge in [0.1, 0.15) is 22.9 Å². The van der Waals surface area contributed by atoms with Crippen molar-refractivity contribution in [3.8, 4) is 5.75 Å². The molecule has 1 saturated heterocycles. The Morgan fingerprint density at radius 3 is 1.89 bits per heavy atom. The molecule has 1 fully saturated rings. The number of carbonyl (C=O) groups is 4. The van der Waals surface area contributed by atoms with E-state index in [4.69, 9.17) is 0 Å². The molecule has 10 heteroatoms. The Morgan fingerprint density at radius 2 is 1.43 bits per heavy atom. The van der Waals surface area contributed by atoms with E-state index in [1.54, 1.807) is 53.7 Å². The number of phenols is 1. The van der Waals surface area contributed by atoms with Crippen molar-refractivity contribution in [3.63, 3.8) is 0 Å². The van der Waals surface area contributed by atoms with Crippen LogP contribution in [0.25, 0.3) is 0 Å². The van der Waals surface area contributed by atoms with Crippen LogP contribution in [0, 0.1) is 11.8 Å². The van der Waals surface area contributed by atoms with Crippen LogP contribution in [0.1, 0.15) is 47.1 Å². The summed E-state index contributed by atoms with van der Waals surface area (Å²) in [6.45, 7) is 10.3. The predicted molar refractivity (Wildman–Crippen MR) is 132 cm³/mol. The molecule has 2 aromatic rings. The van der Waals surface area contributed by atoms with Crippen LogP contribution in [-0.2, 0) is 20.9 Å². The van der Waals surface area contributed by atoms with Crippen molar-refractivity contribution in [2.24, 2.45) is 11.8 Å². The normalized spacial score (nSPS) is 15.2. The minimum atomic E-state index is -1.17. The standard InChI is InChI=1S/C25H31N5O5/c1-14(2)21(32)27-19-11-16(12-20(26-19)28-22(33)15(3)4)13-29-24(35)30(23(34)25(29,5)6)17-7-9-18(31)10-8-17/h7-12,14-15,31H,13H2,1-6H3,(H2,26,27,28,32,33). The number of pyridine rings is 1. The van der Waals surface area contributed by atoms with E-state index in [-0.39, 0.29) is 47.6 Å². The molecule has 2 heterocycles. The number of nitrogens with one attached hydrogen (secondary N) is 2. The van der Waals surface area contributed by atoms with Gasteiger partial charge in [-0.25, -0.2) is 14.7 Å². The number of benzene rings is 1. The molecule has 0 spiro atoms. The van der Waals surface area contributed by atoms with Gasteiger partial charge in [0, 0.05) is 18.4 Å². The smallest absolute Gasteiger partial charge is 0.332 e. The molecule has 3 rings (SSSR count). The topological polar surface area (TPSA) is 132 Å². The minimum absolute atomic E-state index is 0.0210. The van der Waals surface area contributed by atoms with Crippen molar-refractivity contribution in [1.29, 1.82) is 0 Å². The SMILES string of the molecule is CC(C)C(=O)Nc1cc(CN2C(=O)N(c3ccc(O)cc3)C(=O)C2(C)C)cc(NC(=O)C(C)C)n1. The number of anilines is 3. The maximum atomic E-state index is 13.3. The summed E-state index contributed by atoms with van der Waals surface area (Å²) in [4.78, 5) is 57.8. The van der Waals surface area contributed by atoms with E-state index in [0.717, 1.165) is 4.90 Å². The van der Waals surface area contributed by atoms with Crippen LogP contribution in [0.15, 0.2) is 36.4 Å². The van der Waals surface area contributed by atoms with Crippen LogP contribution in [0.2, 0.25) is 0 Å². The van der Waals surface area contributed by atoms with Crippen molar-refractivity contribution in [2.45, 2.75) is 53.6 Å². The number of hydrogen-bond donors (Lipinski definition) is 3. The molecular formula is C25H31N5O5. The first-order chi connectivity index (χ1) is 16.3. The Balaban J connectivity index is 1.96. The van der Waals surface area contributed by atoms with Crippen molar-refractivity contribution in [3.05, 3.63) is 42.0 Å². The largest absolute Gasteiger partial charge is 0.508 e. The molecule has 186 valence electrons. The number of phenolic OH excluding ortho intramolecular Hbond substituents is 1. The van der Waals surface area contributed by atoms with Crippen LogP contribution in [-0.4, -0.2) is 44.3 Å². The minimum Gasteiger partial charge on any atom is -0.508 e. The van der Waals surface area contributed by atoms with Gasteiger partial charge in [0.15, 0.2) is 0 Å². The van der Waals surface area contributed by atoms with E-state index in [1.165, 1.54) is 29.2 Å². The Bertz CT molecular complexity index is 1120. The van der Waals surface area contributed by atoms with Gasteiger partial charge in [-0.2, -0.15) is 0 Å². The number of aromatic hydroxyl groups is 1. The van der Waals surface area contributed by atoms with Crippen LogP contribution in [0.4, 0.5) is 22.1 Å². The number of rotatable bonds is 7. The van der Waals surface area contributed by atoms with Gasteiger partial charge in [0.2, 0.25) is 11.8 Å². The molecule has 0 aliphatic carbocycles. The molecule has 0 unspecified atom stereocenters. The zero-order chi connectivity index (χ0) is 26.1. The summed E-state index contributed by atoms with van der Waals surface area (Å²) in [5.74, 6) is -1.01.